The number of rotatable bonds is 15. The van der Waals surface area contributed by atoms with E-state index in [4.69, 9.17) is 4.74 Å². The van der Waals surface area contributed by atoms with Gasteiger partial charge in [-0.05, 0) is 0 Å². The summed E-state index contributed by atoms with van der Waals surface area (Å²) < 4.78 is 7.17. The summed E-state index contributed by atoms with van der Waals surface area (Å²) in [5.74, 6) is 0. The average molecular weight is 573 g/mol. The van der Waals surface area contributed by atoms with Crippen LogP contribution in [0.3, 0.4) is 0 Å². The van der Waals surface area contributed by atoms with Crippen LogP contribution in [0.1, 0.15) is 63.9 Å². The maximum atomic E-state index is 12.5. The predicted octanol–water partition coefficient (Wildman–Crippen LogP) is 5.98. The normalized spacial score (nSPS) is 11.9. The van der Waals surface area contributed by atoms with E-state index in [1.54, 1.807) is 0 Å². The molecule has 158 valence electrons. The van der Waals surface area contributed by atoms with E-state index in [0.717, 1.165) is 16.5 Å². The van der Waals surface area contributed by atoms with Gasteiger partial charge in [-0.1, -0.05) is 0 Å². The van der Waals surface area contributed by atoms with Gasteiger partial charge in [0.2, 0.25) is 0 Å². The van der Waals surface area contributed by atoms with E-state index in [-0.39, 0.29) is 10.1 Å². The van der Waals surface area contributed by atoms with Gasteiger partial charge in [-0.3, -0.25) is 0 Å². The van der Waals surface area contributed by atoms with Crippen LogP contribution in [0, 0.1) is 0 Å². The summed E-state index contributed by atoms with van der Waals surface area (Å²) in [5, 5.41) is 2.47. The van der Waals surface area contributed by atoms with Crippen LogP contribution in [0.15, 0.2) is 60.7 Å². The molecule has 0 bridgehead atoms. The zero-order valence-corrected chi connectivity index (χ0v) is 21.6. The monoisotopic (exact) mass is 576 g/mol. The third-order valence-electron chi connectivity index (χ3n) is 4.76. The molecule has 1 atom stereocenters. The molecule has 4 heteroatoms. The molecule has 0 radical (unpaired) electrons. The van der Waals surface area contributed by atoms with Gasteiger partial charge in [-0.25, -0.2) is 0 Å². The second kappa shape index (κ2) is 16.0. The van der Waals surface area contributed by atoms with Crippen LogP contribution >= 0.6 is 0 Å². The molecule has 0 aliphatic heterocycles. The Balaban J connectivity index is 1.71. The molecule has 2 aromatic rings. The number of carbonyl (C=O) groups is 1. The Morgan fingerprint density at radius 3 is 2.28 bits per heavy atom. The van der Waals surface area contributed by atoms with Gasteiger partial charge in [0.15, 0.2) is 0 Å². The van der Waals surface area contributed by atoms with Gasteiger partial charge in [0.1, 0.15) is 0 Å². The standard InChI is InChI=1S/C25H34O2SeTe/c1-2-3-4-5-10-16-23(27-25(26)29-24-18-11-7-12-19-24)17-13-20-28-21-22-14-8-6-9-15-22/h6-9,11-12,14-15,18-19,23H,2-5,10,13,16-17,20-21H2,1H3. The first-order chi connectivity index (χ1) is 14.3. The Bertz CT molecular complexity index is 663. The number of carbonyl (C=O) groups excluding carboxylic acids is 1. The molecular formula is C25H34O2SeTe. The third-order valence-corrected chi connectivity index (χ3v) is 9.30. The first-order valence-electron chi connectivity index (χ1n) is 10.8. The van der Waals surface area contributed by atoms with Crippen molar-refractivity contribution >= 4 is 43.5 Å². The van der Waals surface area contributed by atoms with Gasteiger partial charge in [0, 0.05) is 0 Å². The van der Waals surface area contributed by atoms with E-state index in [1.807, 2.05) is 18.2 Å². The van der Waals surface area contributed by atoms with Crippen LogP contribution in [0.4, 0.5) is 4.79 Å². The molecule has 0 amide bonds. The van der Waals surface area contributed by atoms with Crippen molar-refractivity contribution in [1.29, 1.82) is 0 Å². The van der Waals surface area contributed by atoms with Crippen molar-refractivity contribution in [2.24, 2.45) is 0 Å². The van der Waals surface area contributed by atoms with Crippen molar-refractivity contribution < 1.29 is 9.53 Å². The number of ether oxygens (including phenoxy) is 1. The SMILES string of the molecule is CCCCCCCC(CCC[Se]Cc1ccccc1)OC(=O)[Te]c1ccccc1. The summed E-state index contributed by atoms with van der Waals surface area (Å²) in [6, 6.07) is 20.9. The second-order valence-electron chi connectivity index (χ2n) is 7.29. The summed E-state index contributed by atoms with van der Waals surface area (Å²) in [5.41, 5.74) is 1.44. The van der Waals surface area contributed by atoms with Crippen LogP contribution in [-0.4, -0.2) is 46.0 Å². The molecule has 0 saturated heterocycles. The van der Waals surface area contributed by atoms with E-state index >= 15 is 0 Å². The van der Waals surface area contributed by atoms with Crippen LogP contribution in [-0.2, 0) is 10.1 Å². The molecule has 0 aliphatic rings. The molecule has 0 aromatic heterocycles. The minimum atomic E-state index is -0.904. The number of benzene rings is 2. The molecule has 0 fully saturated rings. The molecule has 0 aliphatic carbocycles. The fraction of sp³-hybridized carbons (Fsp3) is 0.480. The molecule has 0 N–H and O–H groups in total. The van der Waals surface area contributed by atoms with Crippen molar-refractivity contribution in [3.05, 3.63) is 66.2 Å². The summed E-state index contributed by atoms with van der Waals surface area (Å²) in [6.45, 7) is 2.25. The van der Waals surface area contributed by atoms with Gasteiger partial charge >= 0.3 is 194 Å². The average Bonchev–Trinajstić information content (AvgIpc) is 2.74. The van der Waals surface area contributed by atoms with Crippen LogP contribution in [0.25, 0.3) is 0 Å². The molecule has 1 unspecified atom stereocenters. The quantitative estimate of drug-likeness (QED) is 0.194. The van der Waals surface area contributed by atoms with E-state index in [0.29, 0.717) is 15.0 Å². The second-order valence-corrected chi connectivity index (χ2v) is 12.5. The van der Waals surface area contributed by atoms with Gasteiger partial charge < -0.3 is 0 Å². The Kier molecular flexibility index (Phi) is 13.5. The van der Waals surface area contributed by atoms with Crippen molar-refractivity contribution in [1.82, 2.24) is 0 Å². The number of hydrogen-bond donors (Lipinski definition) is 0. The first kappa shape index (κ1) is 24.5. The van der Waals surface area contributed by atoms with Crippen molar-refractivity contribution in [3.63, 3.8) is 0 Å². The molecule has 0 spiro atoms. The summed E-state index contributed by atoms with van der Waals surface area (Å²) in [4.78, 5) is 12.5. The van der Waals surface area contributed by atoms with Crippen molar-refractivity contribution in [3.8, 4) is 0 Å². The molecule has 2 aromatic carbocycles. The fourth-order valence-electron chi connectivity index (χ4n) is 3.16. The van der Waals surface area contributed by atoms with Gasteiger partial charge in [0.05, 0.1) is 0 Å². The molecule has 0 saturated carbocycles. The van der Waals surface area contributed by atoms with E-state index in [2.05, 4.69) is 49.4 Å². The molecule has 0 heterocycles. The number of unbranched alkanes of at least 4 members (excludes halogenated alkanes) is 4. The van der Waals surface area contributed by atoms with E-state index in [1.165, 1.54) is 54.7 Å². The molecule has 2 rings (SSSR count). The summed E-state index contributed by atoms with van der Waals surface area (Å²) in [6.07, 6.45) is 9.67. The van der Waals surface area contributed by atoms with Crippen LogP contribution in [0.5, 0.6) is 0 Å². The summed E-state index contributed by atoms with van der Waals surface area (Å²) in [7, 11) is 0. The molecular weight excluding hydrogens is 539 g/mol. The van der Waals surface area contributed by atoms with Crippen molar-refractivity contribution in [2.75, 3.05) is 0 Å². The van der Waals surface area contributed by atoms with Gasteiger partial charge in [-0.15, -0.1) is 0 Å². The Morgan fingerprint density at radius 1 is 0.897 bits per heavy atom. The Labute approximate surface area is 193 Å². The van der Waals surface area contributed by atoms with E-state index < -0.39 is 20.9 Å². The maximum absolute atomic E-state index is 12.5. The van der Waals surface area contributed by atoms with Gasteiger partial charge in [0.25, 0.3) is 0 Å². The topological polar surface area (TPSA) is 26.3 Å². The van der Waals surface area contributed by atoms with Crippen LogP contribution in [0.2, 0.25) is 5.32 Å². The Hall–Kier alpha value is -0.781. The summed E-state index contributed by atoms with van der Waals surface area (Å²) >= 11 is -0.270. The van der Waals surface area contributed by atoms with Crippen LogP contribution < -0.4 is 3.61 Å². The zero-order valence-electron chi connectivity index (χ0n) is 17.6. The first-order valence-corrected chi connectivity index (χ1v) is 15.6. The molecule has 2 nitrogen and oxygen atoms in total. The fourth-order valence-corrected chi connectivity index (χ4v) is 7.05. The minimum absolute atomic E-state index is 0.0509. The predicted molar refractivity (Wildman–Crippen MR) is 125 cm³/mol. The van der Waals surface area contributed by atoms with E-state index in [9.17, 15) is 4.79 Å². The van der Waals surface area contributed by atoms with Gasteiger partial charge in [-0.2, -0.15) is 0 Å². The van der Waals surface area contributed by atoms with Crippen molar-refractivity contribution in [2.45, 2.75) is 75.0 Å². The molecule has 29 heavy (non-hydrogen) atoms. The zero-order chi connectivity index (χ0) is 20.6. The number of hydrogen-bond acceptors (Lipinski definition) is 2. The Morgan fingerprint density at radius 2 is 1.55 bits per heavy atom. The third kappa shape index (κ3) is 11.9.